The highest BCUT2D eigenvalue weighted by atomic mass is 35.5. The third-order valence-electron chi connectivity index (χ3n) is 3.47. The number of benzene rings is 2. The normalized spacial score (nSPS) is 10.7. The molecule has 2 aromatic carbocycles. The minimum atomic E-state index is -0.464. The molecule has 0 aliphatic rings. The summed E-state index contributed by atoms with van der Waals surface area (Å²) in [7, 11) is 0. The first-order valence-corrected chi connectivity index (χ1v) is 9.05. The van der Waals surface area contributed by atoms with Gasteiger partial charge in [0.05, 0.1) is 13.2 Å². The molecular weight excluding hydrogens is 352 g/mol. The molecule has 0 saturated heterocycles. The predicted molar refractivity (Wildman–Crippen MR) is 104 cm³/mol. The van der Waals surface area contributed by atoms with Crippen molar-refractivity contribution >= 4 is 23.6 Å². The second kappa shape index (κ2) is 10.5. The fourth-order valence-electron chi connectivity index (χ4n) is 2.16. The average molecular weight is 375 g/mol. The summed E-state index contributed by atoms with van der Waals surface area (Å²) < 4.78 is 16.6. The molecule has 2 rings (SSSR count). The highest BCUT2D eigenvalue weighted by molar-refractivity contribution is 6.30. The van der Waals surface area contributed by atoms with Crippen LogP contribution in [0.2, 0.25) is 5.02 Å². The smallest absolute Gasteiger partial charge is 0.336 e. The molecule has 138 valence electrons. The highest BCUT2D eigenvalue weighted by Gasteiger charge is 2.06. The van der Waals surface area contributed by atoms with Crippen LogP contribution in [0.15, 0.2) is 48.5 Å². The van der Waals surface area contributed by atoms with Crippen LogP contribution < -0.4 is 14.2 Å². The van der Waals surface area contributed by atoms with Gasteiger partial charge in [-0.15, -0.1) is 0 Å². The topological polar surface area (TPSA) is 44.8 Å². The van der Waals surface area contributed by atoms with Crippen LogP contribution in [0.1, 0.15) is 32.3 Å². The van der Waals surface area contributed by atoms with E-state index in [1.54, 1.807) is 30.3 Å². The Hall–Kier alpha value is -2.46. The fourth-order valence-corrected chi connectivity index (χ4v) is 2.29. The van der Waals surface area contributed by atoms with Crippen LogP contribution in [0.25, 0.3) is 6.08 Å². The van der Waals surface area contributed by atoms with E-state index < -0.39 is 5.97 Å². The SMILES string of the molecule is CCCCOc1ccc(/C=C/C(=O)Oc2ccc(Cl)cc2)cc1OCC. The van der Waals surface area contributed by atoms with Gasteiger partial charge in [0.15, 0.2) is 11.5 Å². The molecule has 4 nitrogen and oxygen atoms in total. The summed E-state index contributed by atoms with van der Waals surface area (Å²) >= 11 is 5.81. The van der Waals surface area contributed by atoms with Crippen LogP contribution in [0.5, 0.6) is 17.2 Å². The van der Waals surface area contributed by atoms with E-state index in [1.807, 2.05) is 25.1 Å². The molecule has 26 heavy (non-hydrogen) atoms. The molecule has 0 aromatic heterocycles. The van der Waals surface area contributed by atoms with Crippen molar-refractivity contribution in [2.75, 3.05) is 13.2 Å². The number of hydrogen-bond donors (Lipinski definition) is 0. The van der Waals surface area contributed by atoms with E-state index in [1.165, 1.54) is 6.08 Å². The van der Waals surface area contributed by atoms with Crippen LogP contribution in [-0.2, 0) is 4.79 Å². The predicted octanol–water partition coefficient (Wildman–Crippen LogP) is 5.54. The summed E-state index contributed by atoms with van der Waals surface area (Å²) in [4.78, 5) is 11.9. The lowest BCUT2D eigenvalue weighted by Crippen LogP contribution is -2.03. The summed E-state index contributed by atoms with van der Waals surface area (Å²) in [5.74, 6) is 1.35. The zero-order chi connectivity index (χ0) is 18.8. The van der Waals surface area contributed by atoms with Crippen LogP contribution in [-0.4, -0.2) is 19.2 Å². The van der Waals surface area contributed by atoms with Gasteiger partial charge in [-0.2, -0.15) is 0 Å². The van der Waals surface area contributed by atoms with Crippen molar-refractivity contribution in [2.45, 2.75) is 26.7 Å². The first-order chi connectivity index (χ1) is 12.6. The number of ether oxygens (including phenoxy) is 3. The van der Waals surface area contributed by atoms with E-state index in [0.29, 0.717) is 35.5 Å². The van der Waals surface area contributed by atoms with Gasteiger partial charge in [0.1, 0.15) is 5.75 Å². The third-order valence-corrected chi connectivity index (χ3v) is 3.72. The van der Waals surface area contributed by atoms with Crippen LogP contribution in [0.4, 0.5) is 0 Å². The Bertz CT molecular complexity index is 738. The van der Waals surface area contributed by atoms with Crippen molar-refractivity contribution in [3.05, 3.63) is 59.1 Å². The molecule has 0 radical (unpaired) electrons. The van der Waals surface area contributed by atoms with Crippen molar-refractivity contribution in [2.24, 2.45) is 0 Å². The molecule has 0 aliphatic heterocycles. The fraction of sp³-hybridized carbons (Fsp3) is 0.286. The minimum absolute atomic E-state index is 0.443. The Labute approximate surface area is 159 Å². The van der Waals surface area contributed by atoms with Crippen molar-refractivity contribution in [3.8, 4) is 17.2 Å². The van der Waals surface area contributed by atoms with Gasteiger partial charge in [-0.3, -0.25) is 0 Å². The van der Waals surface area contributed by atoms with Gasteiger partial charge in [-0.1, -0.05) is 31.0 Å². The maximum Gasteiger partial charge on any atom is 0.336 e. The van der Waals surface area contributed by atoms with Gasteiger partial charge in [0.25, 0.3) is 0 Å². The zero-order valence-electron chi connectivity index (χ0n) is 15.0. The summed E-state index contributed by atoms with van der Waals surface area (Å²) in [6.45, 7) is 5.22. The molecule has 0 unspecified atom stereocenters. The lowest BCUT2D eigenvalue weighted by atomic mass is 10.2. The Morgan fingerprint density at radius 2 is 1.81 bits per heavy atom. The third kappa shape index (κ3) is 6.45. The highest BCUT2D eigenvalue weighted by Crippen LogP contribution is 2.29. The molecule has 2 aromatic rings. The number of rotatable bonds is 9. The first-order valence-electron chi connectivity index (χ1n) is 8.67. The van der Waals surface area contributed by atoms with Crippen LogP contribution in [0.3, 0.4) is 0 Å². The minimum Gasteiger partial charge on any atom is -0.490 e. The van der Waals surface area contributed by atoms with Crippen molar-refractivity contribution in [3.63, 3.8) is 0 Å². The number of hydrogen-bond acceptors (Lipinski definition) is 4. The molecule has 0 aliphatic carbocycles. The molecular formula is C21H23ClO4. The van der Waals surface area contributed by atoms with Gasteiger partial charge >= 0.3 is 5.97 Å². The molecule has 0 fully saturated rings. The lowest BCUT2D eigenvalue weighted by Gasteiger charge is -2.12. The van der Waals surface area contributed by atoms with Crippen LogP contribution >= 0.6 is 11.6 Å². The zero-order valence-corrected chi connectivity index (χ0v) is 15.8. The summed E-state index contributed by atoms with van der Waals surface area (Å²) in [6, 6.07) is 12.2. The van der Waals surface area contributed by atoms with Crippen molar-refractivity contribution < 1.29 is 19.0 Å². The maximum atomic E-state index is 11.9. The second-order valence-electron chi connectivity index (χ2n) is 5.55. The number of halogens is 1. The number of esters is 1. The monoisotopic (exact) mass is 374 g/mol. The van der Waals surface area contributed by atoms with E-state index in [9.17, 15) is 4.79 Å². The number of unbranched alkanes of at least 4 members (excludes halogenated alkanes) is 1. The molecule has 0 N–H and O–H groups in total. The maximum absolute atomic E-state index is 11.9. The standard InChI is InChI=1S/C21H23ClO4/c1-3-5-14-25-19-12-6-16(15-20(19)24-4-2)7-13-21(23)26-18-10-8-17(22)9-11-18/h6-13,15H,3-5,14H2,1-2H3/b13-7+. The second-order valence-corrected chi connectivity index (χ2v) is 5.99. The van der Waals surface area contributed by atoms with E-state index in [2.05, 4.69) is 6.92 Å². The molecule has 0 amide bonds. The molecule has 0 saturated carbocycles. The lowest BCUT2D eigenvalue weighted by molar-refractivity contribution is -0.128. The van der Waals surface area contributed by atoms with Gasteiger partial charge in [-0.25, -0.2) is 4.79 Å². The van der Waals surface area contributed by atoms with Gasteiger partial charge in [0, 0.05) is 11.1 Å². The Morgan fingerprint density at radius 3 is 2.50 bits per heavy atom. The molecule has 0 atom stereocenters. The van der Waals surface area contributed by atoms with E-state index in [0.717, 1.165) is 18.4 Å². The number of carbonyl (C=O) groups is 1. The van der Waals surface area contributed by atoms with Crippen molar-refractivity contribution in [1.29, 1.82) is 0 Å². The first kappa shape index (κ1) is 19.9. The summed E-state index contributed by atoms with van der Waals surface area (Å²) in [5, 5.41) is 0.588. The molecule has 0 heterocycles. The molecule has 0 spiro atoms. The molecule has 0 bridgehead atoms. The van der Waals surface area contributed by atoms with Gasteiger partial charge in [0.2, 0.25) is 0 Å². The summed E-state index contributed by atoms with van der Waals surface area (Å²) in [5.41, 5.74) is 0.823. The Balaban J connectivity index is 2.02. The largest absolute Gasteiger partial charge is 0.490 e. The van der Waals surface area contributed by atoms with E-state index >= 15 is 0 Å². The van der Waals surface area contributed by atoms with E-state index in [4.69, 9.17) is 25.8 Å². The Kier molecular flexibility index (Phi) is 8.03. The van der Waals surface area contributed by atoms with Crippen molar-refractivity contribution in [1.82, 2.24) is 0 Å². The quantitative estimate of drug-likeness (QED) is 0.250. The van der Waals surface area contributed by atoms with E-state index in [-0.39, 0.29) is 0 Å². The molecule has 5 heteroatoms. The van der Waals surface area contributed by atoms with Gasteiger partial charge in [-0.05, 0) is 61.4 Å². The van der Waals surface area contributed by atoms with Crippen LogP contribution in [0, 0.1) is 0 Å². The Morgan fingerprint density at radius 1 is 1.04 bits per heavy atom. The summed E-state index contributed by atoms with van der Waals surface area (Å²) in [6.07, 6.45) is 5.11. The average Bonchev–Trinajstić information content (AvgIpc) is 2.64. The van der Waals surface area contributed by atoms with Gasteiger partial charge < -0.3 is 14.2 Å². The number of carbonyl (C=O) groups excluding carboxylic acids is 1.